The SMILES string of the molecule is CO[C@@H]([C@@H]1CCCN1)[C@@H](C)C(=O)C[C@@H](Cc1ccccc1)c1nccs1.CO[C@@H]([C@@H]1CCCN1)[C@@H](C)C(=S)C[C@@H](Cc1ccccc1)c1nccs1.O=C(O)C(F)(F)F.O=C(O)C(F)(F)F. The second-order valence-electron chi connectivity index (χ2n) is 15.8. The van der Waals surface area contributed by atoms with Crippen LogP contribution in [-0.2, 0) is 36.7 Å². The summed E-state index contributed by atoms with van der Waals surface area (Å²) in [4.78, 5) is 41.0. The van der Waals surface area contributed by atoms with Crippen molar-refractivity contribution < 1.29 is 60.4 Å². The number of hydrogen-bond acceptors (Lipinski definition) is 12. The van der Waals surface area contributed by atoms with Crippen LogP contribution in [-0.4, -0.2) is 107 Å². The van der Waals surface area contributed by atoms with Crippen molar-refractivity contribution in [3.8, 4) is 0 Å². The molecule has 4 aromatic rings. The summed E-state index contributed by atoms with van der Waals surface area (Å²) in [5.41, 5.74) is 2.58. The molecule has 2 saturated heterocycles. The van der Waals surface area contributed by atoms with Gasteiger partial charge in [0, 0.05) is 79.5 Å². The van der Waals surface area contributed by atoms with Crippen molar-refractivity contribution >= 4 is 57.5 Å². The summed E-state index contributed by atoms with van der Waals surface area (Å²) in [7, 11) is 3.53. The molecule has 66 heavy (non-hydrogen) atoms. The molecule has 8 atom stereocenters. The van der Waals surface area contributed by atoms with Gasteiger partial charge in [0.05, 0.1) is 22.2 Å². The van der Waals surface area contributed by atoms with Crippen LogP contribution in [0.3, 0.4) is 0 Å². The van der Waals surface area contributed by atoms with Gasteiger partial charge in [0.1, 0.15) is 5.78 Å². The summed E-state index contributed by atoms with van der Waals surface area (Å²) in [6.45, 7) is 6.33. The molecule has 20 heteroatoms. The summed E-state index contributed by atoms with van der Waals surface area (Å²) in [5, 5.41) is 27.6. The fourth-order valence-corrected chi connectivity index (χ4v) is 9.62. The Morgan fingerprint density at radius 3 is 1.39 bits per heavy atom. The third kappa shape index (κ3) is 19.2. The topological polar surface area (TPSA) is 160 Å². The molecule has 6 rings (SSSR count). The van der Waals surface area contributed by atoms with Crippen molar-refractivity contribution in [3.63, 3.8) is 0 Å². The minimum absolute atomic E-state index is 0.0568. The Hall–Kier alpha value is -4.18. The molecule has 0 amide bonds. The van der Waals surface area contributed by atoms with Gasteiger partial charge in [-0.1, -0.05) is 86.7 Å². The molecule has 2 aromatic heterocycles. The number of ether oxygens (including phenoxy) is 2. The highest BCUT2D eigenvalue weighted by molar-refractivity contribution is 7.80. The number of ketones is 1. The van der Waals surface area contributed by atoms with E-state index in [-0.39, 0.29) is 41.8 Å². The van der Waals surface area contributed by atoms with Crippen molar-refractivity contribution in [3.05, 3.63) is 105 Å². The fourth-order valence-electron chi connectivity index (χ4n) is 7.80. The zero-order valence-electron chi connectivity index (χ0n) is 37.1. The summed E-state index contributed by atoms with van der Waals surface area (Å²) in [5.74, 6) is -4.65. The third-order valence-electron chi connectivity index (χ3n) is 11.2. The van der Waals surface area contributed by atoms with Gasteiger partial charge in [-0.15, -0.1) is 22.7 Å². The Bertz CT molecular complexity index is 1860. The molecule has 0 saturated carbocycles. The van der Waals surface area contributed by atoms with Crippen molar-refractivity contribution in [2.24, 2.45) is 11.8 Å². The monoisotopic (exact) mass is 988 g/mol. The molecule has 4 heterocycles. The van der Waals surface area contributed by atoms with Crippen LogP contribution in [0, 0.1) is 11.8 Å². The molecule has 2 aliphatic heterocycles. The van der Waals surface area contributed by atoms with Crippen molar-refractivity contribution in [2.75, 3.05) is 27.3 Å². The first-order chi connectivity index (χ1) is 31.3. The molecule has 0 bridgehead atoms. The van der Waals surface area contributed by atoms with Gasteiger partial charge in [0.2, 0.25) is 0 Å². The number of rotatable bonds is 18. The van der Waals surface area contributed by atoms with E-state index in [1.54, 1.807) is 29.8 Å². The van der Waals surface area contributed by atoms with E-state index >= 15 is 0 Å². The second kappa shape index (κ2) is 28.2. The first-order valence-electron chi connectivity index (χ1n) is 21.3. The Kier molecular flexibility index (Phi) is 24.0. The normalized spacial score (nSPS) is 18.6. The number of methoxy groups -OCH3 is 2. The zero-order valence-corrected chi connectivity index (χ0v) is 39.5. The largest absolute Gasteiger partial charge is 0.490 e. The predicted molar refractivity (Wildman–Crippen MR) is 246 cm³/mol. The summed E-state index contributed by atoms with van der Waals surface area (Å²) < 4.78 is 75.0. The molecule has 0 unspecified atom stereocenters. The van der Waals surface area contributed by atoms with E-state index in [1.165, 1.54) is 29.0 Å². The average Bonchev–Trinajstić information content (AvgIpc) is 4.14. The van der Waals surface area contributed by atoms with Gasteiger partial charge >= 0.3 is 24.3 Å². The second-order valence-corrected chi connectivity index (χ2v) is 18.2. The molecule has 2 fully saturated rings. The number of nitrogens with one attached hydrogen (secondary N) is 2. The van der Waals surface area contributed by atoms with Crippen LogP contribution in [0.1, 0.15) is 85.4 Å². The minimum Gasteiger partial charge on any atom is -0.475 e. The van der Waals surface area contributed by atoms with Gasteiger partial charge in [-0.05, 0) is 74.0 Å². The van der Waals surface area contributed by atoms with Crippen LogP contribution in [0.2, 0.25) is 0 Å². The molecule has 2 aromatic carbocycles. The van der Waals surface area contributed by atoms with Gasteiger partial charge in [-0.3, -0.25) is 4.79 Å². The van der Waals surface area contributed by atoms with E-state index in [9.17, 15) is 31.1 Å². The van der Waals surface area contributed by atoms with Crippen molar-refractivity contribution in [2.45, 2.75) is 114 Å². The number of Topliss-reactive ketones (excluding diaryl/α,β-unsaturated/α-hetero) is 1. The summed E-state index contributed by atoms with van der Waals surface area (Å²) >= 11 is 9.26. The lowest BCUT2D eigenvalue weighted by Gasteiger charge is -2.30. The molecule has 0 spiro atoms. The van der Waals surface area contributed by atoms with Crippen LogP contribution < -0.4 is 10.6 Å². The number of alkyl halides is 6. The summed E-state index contributed by atoms with van der Waals surface area (Å²) in [6, 6.07) is 21.7. The van der Waals surface area contributed by atoms with E-state index in [2.05, 4.69) is 75.4 Å². The van der Waals surface area contributed by atoms with Crippen LogP contribution in [0.4, 0.5) is 26.3 Å². The number of benzene rings is 2. The lowest BCUT2D eigenvalue weighted by Crippen LogP contribution is -2.43. The van der Waals surface area contributed by atoms with Gasteiger partial charge < -0.3 is 30.3 Å². The Labute approximate surface area is 394 Å². The van der Waals surface area contributed by atoms with Crippen LogP contribution in [0.15, 0.2) is 83.8 Å². The standard InChI is InChI=1S/C21H28N2O2S.C21H28N2OS2.2C2HF3O2/c1-15(20(25-2)18-9-6-10-22-18)19(24)14-17(21-23-11-12-26-21)13-16-7-4-3-5-8-16;1-15(20(24-2)18-9-6-10-22-18)19(25)14-17(21-23-11-12-26-21)13-16-7-4-3-5-8-16;2*3-2(4,5)1(6)7/h2*3-5,7-8,11-12,15,17-18,20,22H,6,9-10,13-14H2,1-2H3;2*(H,6,7)/t2*15-,17+,18-,20+;;/m00../s1. The number of aromatic nitrogens is 2. The van der Waals surface area contributed by atoms with E-state index in [4.69, 9.17) is 41.5 Å². The van der Waals surface area contributed by atoms with E-state index in [0.29, 0.717) is 18.4 Å². The van der Waals surface area contributed by atoms with Crippen molar-refractivity contribution in [1.82, 2.24) is 20.6 Å². The predicted octanol–water partition coefficient (Wildman–Crippen LogP) is 9.73. The maximum absolute atomic E-state index is 13.1. The highest BCUT2D eigenvalue weighted by Gasteiger charge is 2.39. The van der Waals surface area contributed by atoms with E-state index in [0.717, 1.165) is 55.1 Å². The highest BCUT2D eigenvalue weighted by Crippen LogP contribution is 2.32. The highest BCUT2D eigenvalue weighted by atomic mass is 32.1. The van der Waals surface area contributed by atoms with E-state index in [1.807, 2.05) is 50.0 Å². The Morgan fingerprint density at radius 2 is 1.08 bits per heavy atom. The van der Waals surface area contributed by atoms with Crippen LogP contribution >= 0.6 is 34.9 Å². The number of aliphatic carboxylic acids is 2. The zero-order chi connectivity index (χ0) is 48.9. The number of carbonyl (C=O) groups is 3. The quantitative estimate of drug-likeness (QED) is 0.0553. The van der Waals surface area contributed by atoms with Crippen molar-refractivity contribution in [1.29, 1.82) is 0 Å². The molecule has 11 nitrogen and oxygen atoms in total. The lowest BCUT2D eigenvalue weighted by atomic mass is 9.86. The van der Waals surface area contributed by atoms with Gasteiger partial charge in [-0.2, -0.15) is 26.3 Å². The lowest BCUT2D eigenvalue weighted by molar-refractivity contribution is -0.193. The number of hydrogen-bond donors (Lipinski definition) is 4. The van der Waals surface area contributed by atoms with Crippen LogP contribution in [0.5, 0.6) is 0 Å². The average molecular weight is 989 g/mol. The van der Waals surface area contributed by atoms with Gasteiger partial charge in [0.25, 0.3) is 0 Å². The Balaban J connectivity index is 0.000000273. The van der Waals surface area contributed by atoms with Crippen LogP contribution in [0.25, 0.3) is 0 Å². The number of thiocarbonyl (C=S) groups is 1. The number of carbonyl (C=O) groups excluding carboxylic acids is 1. The maximum Gasteiger partial charge on any atom is 0.490 e. The summed E-state index contributed by atoms with van der Waals surface area (Å²) in [6.07, 6.45) is 1.48. The molecule has 0 radical (unpaired) electrons. The van der Waals surface area contributed by atoms with E-state index < -0.39 is 24.3 Å². The van der Waals surface area contributed by atoms with Gasteiger partial charge in [-0.25, -0.2) is 19.6 Å². The fraction of sp³-hybridized carbons (Fsp3) is 0.522. The first kappa shape index (κ1) is 56.1. The number of halogens is 6. The first-order valence-corrected chi connectivity index (χ1v) is 23.5. The molecule has 0 aliphatic carbocycles. The molecule has 4 N–H and O–H groups in total. The van der Waals surface area contributed by atoms with Gasteiger partial charge in [0.15, 0.2) is 0 Å². The molecular weight excluding hydrogens is 931 g/mol. The molecular formula is C46H58F6N4O7S3. The smallest absolute Gasteiger partial charge is 0.475 e. The Morgan fingerprint density at radius 1 is 0.697 bits per heavy atom. The number of carboxylic acid groups (broad SMARTS) is 2. The number of carboxylic acids is 2. The minimum atomic E-state index is -5.08. The molecule has 2 aliphatic rings. The number of thiazole rings is 2. The maximum atomic E-state index is 13.1. The third-order valence-corrected chi connectivity index (χ3v) is 13.6. The molecule has 364 valence electrons. The number of nitrogens with zero attached hydrogens (tertiary/aromatic N) is 2.